The predicted octanol–water partition coefficient (Wildman–Crippen LogP) is 4.13. The van der Waals surface area contributed by atoms with Gasteiger partial charge in [0.25, 0.3) is 11.8 Å². The van der Waals surface area contributed by atoms with E-state index >= 15 is 0 Å². The molecule has 0 aliphatic carbocycles. The molecule has 2 heterocycles. The Bertz CT molecular complexity index is 1230. The summed E-state index contributed by atoms with van der Waals surface area (Å²) in [7, 11) is 0. The fourth-order valence-electron chi connectivity index (χ4n) is 3.26. The first kappa shape index (κ1) is 19.4. The number of aryl methyl sites for hydroxylation is 2. The van der Waals surface area contributed by atoms with Crippen LogP contribution < -0.4 is 10.6 Å². The van der Waals surface area contributed by atoms with Crippen molar-refractivity contribution in [2.24, 2.45) is 0 Å². The lowest BCUT2D eigenvalue weighted by Gasteiger charge is -2.06. The van der Waals surface area contributed by atoms with Gasteiger partial charge in [-0.05, 0) is 49.2 Å². The smallest absolute Gasteiger partial charge is 0.292 e. The molecular weight excluding hydrogens is 376 g/mol. The summed E-state index contributed by atoms with van der Waals surface area (Å²) >= 11 is 0. The van der Waals surface area contributed by atoms with E-state index in [0.717, 1.165) is 16.7 Å². The Hall–Kier alpha value is -3.93. The Balaban J connectivity index is 1.60. The van der Waals surface area contributed by atoms with Crippen molar-refractivity contribution in [1.29, 1.82) is 0 Å². The average Bonchev–Trinajstić information content (AvgIpc) is 3.15. The summed E-state index contributed by atoms with van der Waals surface area (Å²) in [6, 6.07) is 20.8. The second kappa shape index (κ2) is 8.21. The van der Waals surface area contributed by atoms with Crippen molar-refractivity contribution in [3.63, 3.8) is 0 Å². The van der Waals surface area contributed by atoms with Crippen LogP contribution in [0.5, 0.6) is 0 Å². The van der Waals surface area contributed by atoms with Gasteiger partial charge in [0.1, 0.15) is 0 Å². The van der Waals surface area contributed by atoms with Crippen LogP contribution in [0.3, 0.4) is 0 Å². The number of amides is 2. The van der Waals surface area contributed by atoms with Crippen LogP contribution in [0.25, 0.3) is 5.52 Å². The maximum Gasteiger partial charge on any atom is 0.292 e. The van der Waals surface area contributed by atoms with Gasteiger partial charge < -0.3 is 10.6 Å². The number of anilines is 1. The third-order valence-corrected chi connectivity index (χ3v) is 4.98. The third kappa shape index (κ3) is 3.93. The number of imidazole rings is 1. The first-order valence-electron chi connectivity index (χ1n) is 9.71. The van der Waals surface area contributed by atoms with Gasteiger partial charge >= 0.3 is 0 Å². The molecule has 4 rings (SSSR count). The third-order valence-electron chi connectivity index (χ3n) is 4.98. The number of carbonyl (C=O) groups excluding carboxylic acids is 2. The molecule has 0 aliphatic rings. The minimum atomic E-state index is -0.377. The Morgan fingerprint density at radius 2 is 1.63 bits per heavy atom. The minimum absolute atomic E-state index is 0.159. The highest BCUT2D eigenvalue weighted by molar-refractivity contribution is 6.06. The molecule has 150 valence electrons. The lowest BCUT2D eigenvalue weighted by Crippen LogP contribution is -2.24. The summed E-state index contributed by atoms with van der Waals surface area (Å²) in [6.07, 6.45) is 1.73. The van der Waals surface area contributed by atoms with Gasteiger partial charge in [0.15, 0.2) is 5.69 Å². The summed E-state index contributed by atoms with van der Waals surface area (Å²) in [4.78, 5) is 30.1. The zero-order valence-corrected chi connectivity index (χ0v) is 16.8. The van der Waals surface area contributed by atoms with Crippen molar-refractivity contribution in [2.45, 2.75) is 20.4 Å². The number of hydrogen-bond acceptors (Lipinski definition) is 3. The van der Waals surface area contributed by atoms with Gasteiger partial charge in [0, 0.05) is 18.4 Å². The minimum Gasteiger partial charge on any atom is -0.347 e. The summed E-state index contributed by atoms with van der Waals surface area (Å²) in [5, 5.41) is 5.75. The Morgan fingerprint density at radius 3 is 2.40 bits per heavy atom. The summed E-state index contributed by atoms with van der Waals surface area (Å²) < 4.78 is 1.63. The van der Waals surface area contributed by atoms with Gasteiger partial charge in [-0.1, -0.05) is 48.0 Å². The van der Waals surface area contributed by atoms with Gasteiger partial charge in [-0.25, -0.2) is 4.98 Å². The van der Waals surface area contributed by atoms with E-state index in [-0.39, 0.29) is 23.3 Å². The summed E-state index contributed by atoms with van der Waals surface area (Å²) in [5.41, 5.74) is 4.71. The molecule has 0 atom stereocenters. The van der Waals surface area contributed by atoms with Crippen LogP contribution in [0.2, 0.25) is 0 Å². The maximum atomic E-state index is 12.9. The van der Waals surface area contributed by atoms with E-state index in [0.29, 0.717) is 17.7 Å². The molecule has 6 heteroatoms. The number of pyridine rings is 1. The zero-order chi connectivity index (χ0) is 21.1. The summed E-state index contributed by atoms with van der Waals surface area (Å²) in [6.45, 7) is 4.37. The molecule has 0 bridgehead atoms. The molecule has 2 amide bonds. The van der Waals surface area contributed by atoms with Crippen molar-refractivity contribution in [3.05, 3.63) is 101 Å². The highest BCUT2D eigenvalue weighted by atomic mass is 16.2. The maximum absolute atomic E-state index is 12.9. The molecule has 0 aliphatic heterocycles. The Morgan fingerprint density at radius 1 is 0.900 bits per heavy atom. The van der Waals surface area contributed by atoms with E-state index in [4.69, 9.17) is 0 Å². The molecule has 2 aromatic carbocycles. The molecule has 2 aromatic heterocycles. The molecule has 0 saturated carbocycles. The van der Waals surface area contributed by atoms with E-state index < -0.39 is 0 Å². The van der Waals surface area contributed by atoms with E-state index in [2.05, 4.69) is 15.6 Å². The van der Waals surface area contributed by atoms with E-state index in [1.54, 1.807) is 22.7 Å². The molecular formula is C24H22N4O2. The average molecular weight is 398 g/mol. The molecule has 0 saturated heterocycles. The van der Waals surface area contributed by atoms with Crippen LogP contribution in [0, 0.1) is 13.8 Å². The molecule has 2 N–H and O–H groups in total. The predicted molar refractivity (Wildman–Crippen MR) is 117 cm³/mol. The molecule has 0 radical (unpaired) electrons. The van der Waals surface area contributed by atoms with Gasteiger partial charge in [0.2, 0.25) is 5.82 Å². The largest absolute Gasteiger partial charge is 0.347 e. The van der Waals surface area contributed by atoms with Crippen molar-refractivity contribution >= 4 is 23.0 Å². The van der Waals surface area contributed by atoms with Gasteiger partial charge in [-0.2, -0.15) is 0 Å². The topological polar surface area (TPSA) is 75.5 Å². The van der Waals surface area contributed by atoms with E-state index in [9.17, 15) is 9.59 Å². The molecule has 0 spiro atoms. The number of rotatable bonds is 5. The molecule has 0 fully saturated rings. The lowest BCUT2D eigenvalue weighted by molar-refractivity contribution is 0.0948. The number of hydrogen-bond donors (Lipinski definition) is 2. The molecule has 6 nitrogen and oxygen atoms in total. The number of benzene rings is 2. The normalized spacial score (nSPS) is 10.7. The highest BCUT2D eigenvalue weighted by Gasteiger charge is 2.21. The lowest BCUT2D eigenvalue weighted by atomic mass is 10.1. The second-order valence-electron chi connectivity index (χ2n) is 7.17. The van der Waals surface area contributed by atoms with Crippen LogP contribution in [0.1, 0.15) is 37.8 Å². The van der Waals surface area contributed by atoms with Crippen LogP contribution in [0.4, 0.5) is 5.69 Å². The first-order valence-corrected chi connectivity index (χ1v) is 9.71. The van der Waals surface area contributed by atoms with Gasteiger partial charge in [-0.3, -0.25) is 14.0 Å². The van der Waals surface area contributed by atoms with Crippen molar-refractivity contribution in [1.82, 2.24) is 14.7 Å². The quantitative estimate of drug-likeness (QED) is 0.531. The number of nitrogens with one attached hydrogen (secondary N) is 2. The van der Waals surface area contributed by atoms with Gasteiger partial charge in [-0.15, -0.1) is 0 Å². The van der Waals surface area contributed by atoms with Gasteiger partial charge in [0.05, 0.1) is 5.52 Å². The van der Waals surface area contributed by atoms with E-state index in [1.165, 1.54) is 0 Å². The number of aromatic nitrogens is 2. The molecule has 4 aromatic rings. The van der Waals surface area contributed by atoms with Crippen molar-refractivity contribution in [2.75, 3.05) is 5.32 Å². The number of carbonyl (C=O) groups is 2. The van der Waals surface area contributed by atoms with Crippen molar-refractivity contribution in [3.8, 4) is 0 Å². The Labute approximate surface area is 174 Å². The Kier molecular flexibility index (Phi) is 5.30. The molecule has 0 unspecified atom stereocenters. The number of nitrogens with zero attached hydrogens (tertiary/aromatic N) is 2. The zero-order valence-electron chi connectivity index (χ0n) is 16.8. The fourth-order valence-corrected chi connectivity index (χ4v) is 3.26. The first-order chi connectivity index (χ1) is 14.5. The molecule has 30 heavy (non-hydrogen) atoms. The van der Waals surface area contributed by atoms with Crippen LogP contribution in [0.15, 0.2) is 72.9 Å². The van der Waals surface area contributed by atoms with Crippen LogP contribution in [-0.4, -0.2) is 21.2 Å². The highest BCUT2D eigenvalue weighted by Crippen LogP contribution is 2.16. The van der Waals surface area contributed by atoms with Crippen molar-refractivity contribution < 1.29 is 9.59 Å². The SMILES string of the molecule is Cc1ccc(NC(=O)c2nc(C(=O)NCc3ccccc3C)c3ccccn23)cc1. The second-order valence-corrected chi connectivity index (χ2v) is 7.17. The monoisotopic (exact) mass is 398 g/mol. The van der Waals surface area contributed by atoms with E-state index in [1.807, 2.05) is 68.4 Å². The standard InChI is InChI=1S/C24H22N4O2/c1-16-10-12-19(13-11-16)26-24(30)22-27-21(20-9-5-6-14-28(20)22)23(29)25-15-18-8-4-3-7-17(18)2/h3-14H,15H2,1-2H3,(H,25,29)(H,26,30). The van der Waals surface area contributed by atoms with Crippen LogP contribution in [-0.2, 0) is 6.54 Å². The fraction of sp³-hybridized carbons (Fsp3) is 0.125. The summed E-state index contributed by atoms with van der Waals surface area (Å²) in [5.74, 6) is -0.540. The van der Waals surface area contributed by atoms with Crippen LogP contribution >= 0.6 is 0 Å². The number of fused-ring (bicyclic) bond motifs is 1.